The van der Waals surface area contributed by atoms with E-state index in [2.05, 4.69) is 19.1 Å². The molecule has 0 fully saturated rings. The summed E-state index contributed by atoms with van der Waals surface area (Å²) in [5, 5.41) is 0. The van der Waals surface area contributed by atoms with Gasteiger partial charge in [0.15, 0.2) is 0 Å². The molecule has 0 atom stereocenters. The van der Waals surface area contributed by atoms with Crippen molar-refractivity contribution in [2.24, 2.45) is 5.73 Å². The third kappa shape index (κ3) is 25.2. The first-order valence-electron chi connectivity index (χ1n) is 9.70. The van der Waals surface area contributed by atoms with Crippen molar-refractivity contribution in [3.63, 3.8) is 0 Å². The van der Waals surface area contributed by atoms with Crippen molar-refractivity contribution in [1.29, 1.82) is 0 Å². The Balaban J connectivity index is 0. The second-order valence-electron chi connectivity index (χ2n) is 6.51. The number of carbonyl (C=O) groups is 1. The molecule has 3 heteroatoms. The van der Waals surface area contributed by atoms with Gasteiger partial charge in [0, 0.05) is 57.8 Å². The predicted octanol–water partition coefficient (Wildman–Crippen LogP) is 5.91. The molecule has 0 aromatic carbocycles. The SMILES string of the molecule is CCCCCCCCC=CCCCCCCCCCC(N)=O.[K]. The smallest absolute Gasteiger partial charge is 0.217 e. The number of nitrogens with two attached hydrogens (primary N) is 1. The van der Waals surface area contributed by atoms with Gasteiger partial charge in [0.2, 0.25) is 5.91 Å². The van der Waals surface area contributed by atoms with Crippen molar-refractivity contribution in [2.45, 2.75) is 110 Å². The molecule has 1 amide bonds. The fraction of sp³-hybridized carbons (Fsp3) is 0.850. The first-order chi connectivity index (χ1) is 10.8. The molecule has 0 aliphatic carbocycles. The van der Waals surface area contributed by atoms with Crippen LogP contribution in [0.2, 0.25) is 0 Å². The van der Waals surface area contributed by atoms with Gasteiger partial charge in [-0.1, -0.05) is 83.3 Å². The molecular formula is C20H39KNO. The summed E-state index contributed by atoms with van der Waals surface area (Å²) in [5.41, 5.74) is 5.11. The third-order valence-corrected chi connectivity index (χ3v) is 4.18. The first kappa shape index (κ1) is 26.1. The van der Waals surface area contributed by atoms with Crippen molar-refractivity contribution >= 4 is 57.3 Å². The van der Waals surface area contributed by atoms with Gasteiger partial charge in [-0.05, 0) is 32.1 Å². The quantitative estimate of drug-likeness (QED) is 0.198. The van der Waals surface area contributed by atoms with Crippen LogP contribution in [0.5, 0.6) is 0 Å². The van der Waals surface area contributed by atoms with Crippen LogP contribution in [0.4, 0.5) is 0 Å². The largest absolute Gasteiger partial charge is 0.370 e. The second-order valence-corrected chi connectivity index (χ2v) is 6.51. The maximum atomic E-state index is 10.6. The van der Waals surface area contributed by atoms with Crippen LogP contribution in [0, 0.1) is 0 Å². The van der Waals surface area contributed by atoms with E-state index in [4.69, 9.17) is 5.73 Å². The molecule has 0 saturated carbocycles. The predicted molar refractivity (Wildman–Crippen MR) is 104 cm³/mol. The van der Waals surface area contributed by atoms with E-state index in [0.29, 0.717) is 6.42 Å². The molecule has 1 radical (unpaired) electrons. The van der Waals surface area contributed by atoms with Crippen molar-refractivity contribution in [2.75, 3.05) is 0 Å². The van der Waals surface area contributed by atoms with E-state index in [1.807, 2.05) is 0 Å². The van der Waals surface area contributed by atoms with Gasteiger partial charge in [-0.3, -0.25) is 4.79 Å². The maximum Gasteiger partial charge on any atom is 0.217 e. The molecule has 131 valence electrons. The minimum Gasteiger partial charge on any atom is -0.370 e. The maximum absolute atomic E-state index is 10.6. The Labute approximate surface area is 187 Å². The second kappa shape index (κ2) is 22.8. The molecule has 23 heavy (non-hydrogen) atoms. The summed E-state index contributed by atoms with van der Waals surface area (Å²) in [6.07, 6.45) is 24.9. The van der Waals surface area contributed by atoms with Gasteiger partial charge in [0.1, 0.15) is 0 Å². The third-order valence-electron chi connectivity index (χ3n) is 4.18. The minimum absolute atomic E-state index is 0. The molecule has 0 aromatic rings. The Hall–Kier alpha value is 0.846. The summed E-state index contributed by atoms with van der Waals surface area (Å²) in [5.74, 6) is -0.159. The molecule has 2 nitrogen and oxygen atoms in total. The molecule has 0 aromatic heterocycles. The van der Waals surface area contributed by atoms with Crippen molar-refractivity contribution < 1.29 is 4.79 Å². The zero-order valence-corrected chi connectivity index (χ0v) is 19.1. The number of unbranched alkanes of at least 4 members (excludes halogenated alkanes) is 13. The molecule has 0 spiro atoms. The number of allylic oxidation sites excluding steroid dienone is 2. The zero-order chi connectivity index (χ0) is 16.3. The van der Waals surface area contributed by atoms with Crippen LogP contribution >= 0.6 is 0 Å². The van der Waals surface area contributed by atoms with Crippen LogP contribution in [0.15, 0.2) is 12.2 Å². The number of rotatable bonds is 17. The normalized spacial score (nSPS) is 10.8. The van der Waals surface area contributed by atoms with Crippen LogP contribution in [0.25, 0.3) is 0 Å². The molecule has 0 aliphatic heterocycles. The Morgan fingerprint density at radius 1 is 0.696 bits per heavy atom. The van der Waals surface area contributed by atoms with E-state index in [0.717, 1.165) is 12.8 Å². The van der Waals surface area contributed by atoms with Gasteiger partial charge >= 0.3 is 0 Å². The standard InChI is InChI=1S/C20H39NO.K/c1-2-3-4-5-6-7-8-9-10-11-12-13-14-15-16-17-18-19-20(21)22;/h9-10H,2-8,11-19H2,1H3,(H2,21,22);. The van der Waals surface area contributed by atoms with Gasteiger partial charge in [0.25, 0.3) is 0 Å². The minimum atomic E-state index is -0.159. The van der Waals surface area contributed by atoms with Gasteiger partial charge in [-0.25, -0.2) is 0 Å². The number of amides is 1. The topological polar surface area (TPSA) is 43.1 Å². The average molecular weight is 349 g/mol. The van der Waals surface area contributed by atoms with E-state index in [1.165, 1.54) is 83.5 Å². The summed E-state index contributed by atoms with van der Waals surface area (Å²) in [6.45, 7) is 2.27. The summed E-state index contributed by atoms with van der Waals surface area (Å²) in [7, 11) is 0. The molecule has 0 heterocycles. The average Bonchev–Trinajstić information content (AvgIpc) is 2.50. The van der Waals surface area contributed by atoms with E-state index in [-0.39, 0.29) is 57.3 Å². The van der Waals surface area contributed by atoms with E-state index < -0.39 is 0 Å². The van der Waals surface area contributed by atoms with Crippen LogP contribution < -0.4 is 5.73 Å². The van der Waals surface area contributed by atoms with Crippen molar-refractivity contribution in [3.05, 3.63) is 12.2 Å². The van der Waals surface area contributed by atoms with Crippen LogP contribution in [0.3, 0.4) is 0 Å². The fourth-order valence-corrected chi connectivity index (χ4v) is 2.72. The van der Waals surface area contributed by atoms with E-state index in [9.17, 15) is 4.79 Å². The molecular weight excluding hydrogens is 309 g/mol. The summed E-state index contributed by atoms with van der Waals surface area (Å²) >= 11 is 0. The van der Waals surface area contributed by atoms with Crippen LogP contribution in [-0.4, -0.2) is 57.3 Å². The Morgan fingerprint density at radius 2 is 1.09 bits per heavy atom. The van der Waals surface area contributed by atoms with Gasteiger partial charge < -0.3 is 5.73 Å². The Kier molecular flexibility index (Phi) is 25.9. The Bertz CT molecular complexity index is 266. The zero-order valence-electron chi connectivity index (χ0n) is 16.0. The van der Waals surface area contributed by atoms with Crippen LogP contribution in [-0.2, 0) is 4.79 Å². The fourth-order valence-electron chi connectivity index (χ4n) is 2.72. The van der Waals surface area contributed by atoms with Crippen molar-refractivity contribution in [3.8, 4) is 0 Å². The monoisotopic (exact) mass is 348 g/mol. The van der Waals surface area contributed by atoms with Gasteiger partial charge in [-0.2, -0.15) is 0 Å². The molecule has 0 unspecified atom stereocenters. The summed E-state index contributed by atoms with van der Waals surface area (Å²) < 4.78 is 0. The number of hydrogen-bond acceptors (Lipinski definition) is 1. The molecule has 2 N–H and O–H groups in total. The Morgan fingerprint density at radius 3 is 1.52 bits per heavy atom. The molecule has 0 saturated heterocycles. The number of hydrogen-bond donors (Lipinski definition) is 1. The molecule has 0 rings (SSSR count). The van der Waals surface area contributed by atoms with E-state index in [1.54, 1.807) is 0 Å². The molecule has 0 bridgehead atoms. The molecule has 0 aliphatic rings. The van der Waals surface area contributed by atoms with Gasteiger partial charge in [-0.15, -0.1) is 0 Å². The number of carbonyl (C=O) groups excluding carboxylic acids is 1. The number of primary amides is 1. The van der Waals surface area contributed by atoms with Gasteiger partial charge in [0.05, 0.1) is 0 Å². The van der Waals surface area contributed by atoms with Crippen LogP contribution in [0.1, 0.15) is 110 Å². The van der Waals surface area contributed by atoms with Crippen molar-refractivity contribution in [1.82, 2.24) is 0 Å². The first-order valence-corrected chi connectivity index (χ1v) is 9.70. The summed E-state index contributed by atoms with van der Waals surface area (Å²) in [4.78, 5) is 10.6. The van der Waals surface area contributed by atoms with E-state index >= 15 is 0 Å². The summed E-state index contributed by atoms with van der Waals surface area (Å²) in [6, 6.07) is 0.